The van der Waals surface area contributed by atoms with E-state index >= 15 is 0 Å². The summed E-state index contributed by atoms with van der Waals surface area (Å²) < 4.78 is 1.77. The van der Waals surface area contributed by atoms with Crippen LogP contribution in [0, 0.1) is 11.8 Å². The Kier molecular flexibility index (Phi) is 5.09. The molecule has 3 aromatic rings. The number of hydrogen-bond donors (Lipinski definition) is 1. The van der Waals surface area contributed by atoms with E-state index in [1.807, 2.05) is 30.3 Å². The lowest BCUT2D eigenvalue weighted by atomic mass is 10.1. The number of carbonyl (C=O) groups is 1. The molecule has 2 aromatic heterocycles. The molecule has 0 bridgehead atoms. The second-order valence-electron chi connectivity index (χ2n) is 7.53. The molecule has 5 rings (SSSR count). The summed E-state index contributed by atoms with van der Waals surface area (Å²) in [5.41, 5.74) is 5.48. The van der Waals surface area contributed by atoms with Gasteiger partial charge in [-0.15, -0.1) is 5.73 Å². The molecule has 1 N–H and O–H groups in total. The van der Waals surface area contributed by atoms with E-state index in [1.54, 1.807) is 47.6 Å². The minimum atomic E-state index is -0.353. The molecule has 0 radical (unpaired) electrons. The highest BCUT2D eigenvalue weighted by Crippen LogP contribution is 2.20. The number of nitrogens with one attached hydrogen (secondary N) is 1. The van der Waals surface area contributed by atoms with Gasteiger partial charge in [0.15, 0.2) is 0 Å². The van der Waals surface area contributed by atoms with Crippen LogP contribution < -0.4 is 10.7 Å². The number of hydrogen-bond acceptors (Lipinski definition) is 4. The summed E-state index contributed by atoms with van der Waals surface area (Å²) in [4.78, 5) is 34.2. The molecule has 2 aliphatic rings. The van der Waals surface area contributed by atoms with Crippen molar-refractivity contribution in [3.05, 3.63) is 99.8 Å². The standard InChI is InChI=1S/C26H18N4O2/c31-24-22-8-4-14-28-25(22)30(17-23(24)26(32)29-20-11-12-20)21-7-3-6-18(15-21)9-10-19-5-1-2-13-27-16-19/h1,3-8,13-17,20H,11-12H2,(H,29,32). The van der Waals surface area contributed by atoms with Crippen molar-refractivity contribution in [2.45, 2.75) is 18.9 Å². The molecule has 1 fully saturated rings. The summed E-state index contributed by atoms with van der Waals surface area (Å²) in [6.07, 6.45) is 12.0. The second kappa shape index (κ2) is 8.35. The van der Waals surface area contributed by atoms with Gasteiger partial charge in [0, 0.05) is 41.5 Å². The predicted molar refractivity (Wildman–Crippen MR) is 124 cm³/mol. The highest BCUT2D eigenvalue weighted by Gasteiger charge is 2.26. The van der Waals surface area contributed by atoms with E-state index in [1.165, 1.54) is 0 Å². The zero-order valence-corrected chi connectivity index (χ0v) is 17.1. The molecule has 1 aliphatic heterocycles. The fraction of sp³-hybridized carbons (Fsp3) is 0.115. The van der Waals surface area contributed by atoms with Crippen LogP contribution in [0.2, 0.25) is 0 Å². The first-order valence-corrected chi connectivity index (χ1v) is 10.3. The molecule has 3 heterocycles. The molecular formula is C26H18N4O2. The smallest absolute Gasteiger partial charge is 0.257 e. The Bertz CT molecular complexity index is 1490. The van der Waals surface area contributed by atoms with Crippen LogP contribution in [-0.2, 0) is 0 Å². The quantitative estimate of drug-likeness (QED) is 0.524. The van der Waals surface area contributed by atoms with Crippen LogP contribution in [0.25, 0.3) is 16.7 Å². The lowest BCUT2D eigenvalue weighted by Gasteiger charge is -2.13. The Balaban J connectivity index is 1.59. The van der Waals surface area contributed by atoms with Crippen LogP contribution in [0.1, 0.15) is 28.8 Å². The number of fused-ring (bicyclic) bond motifs is 1. The van der Waals surface area contributed by atoms with Gasteiger partial charge in [-0.1, -0.05) is 17.9 Å². The third kappa shape index (κ3) is 4.06. The number of carbonyl (C=O) groups excluding carboxylic acids is 1. The van der Waals surface area contributed by atoms with E-state index in [-0.39, 0.29) is 22.9 Å². The summed E-state index contributed by atoms with van der Waals surface area (Å²) in [6.45, 7) is 0. The van der Waals surface area contributed by atoms with Crippen molar-refractivity contribution in [2.24, 2.45) is 4.99 Å². The van der Waals surface area contributed by atoms with Crippen molar-refractivity contribution in [1.29, 1.82) is 0 Å². The Morgan fingerprint density at radius 2 is 2.09 bits per heavy atom. The van der Waals surface area contributed by atoms with Crippen molar-refractivity contribution in [3.8, 4) is 17.5 Å². The molecule has 1 aromatic carbocycles. The van der Waals surface area contributed by atoms with Crippen LogP contribution in [0.4, 0.5) is 0 Å². The molecule has 0 spiro atoms. The van der Waals surface area contributed by atoms with Gasteiger partial charge in [0.1, 0.15) is 11.2 Å². The van der Waals surface area contributed by atoms with E-state index in [0.717, 1.165) is 29.7 Å². The number of amides is 1. The number of pyridine rings is 2. The Hall–Kier alpha value is -4.46. The minimum Gasteiger partial charge on any atom is -0.349 e. The number of nitrogens with zero attached hydrogens (tertiary/aromatic N) is 3. The third-order valence-electron chi connectivity index (χ3n) is 5.12. The van der Waals surface area contributed by atoms with Gasteiger partial charge in [-0.05, 0) is 55.3 Å². The van der Waals surface area contributed by atoms with Gasteiger partial charge in [-0.25, -0.2) is 4.98 Å². The topological polar surface area (TPSA) is 76.3 Å². The number of allylic oxidation sites excluding steroid dienone is 3. The van der Waals surface area contributed by atoms with Crippen LogP contribution in [0.3, 0.4) is 0 Å². The number of aromatic nitrogens is 2. The molecule has 0 saturated heterocycles. The lowest BCUT2D eigenvalue weighted by molar-refractivity contribution is 0.0949. The average molecular weight is 418 g/mol. The van der Waals surface area contributed by atoms with E-state index in [4.69, 9.17) is 0 Å². The third-order valence-corrected chi connectivity index (χ3v) is 5.12. The van der Waals surface area contributed by atoms with Crippen LogP contribution >= 0.6 is 0 Å². The highest BCUT2D eigenvalue weighted by atomic mass is 16.2. The Morgan fingerprint density at radius 1 is 1.19 bits per heavy atom. The van der Waals surface area contributed by atoms with Crippen LogP contribution in [0.15, 0.2) is 88.2 Å². The molecular weight excluding hydrogens is 400 g/mol. The molecule has 1 aliphatic carbocycles. The van der Waals surface area contributed by atoms with Gasteiger partial charge in [-0.3, -0.25) is 14.6 Å². The first kappa shape index (κ1) is 19.5. The van der Waals surface area contributed by atoms with Crippen molar-refractivity contribution in [2.75, 3.05) is 0 Å². The van der Waals surface area contributed by atoms with E-state index < -0.39 is 0 Å². The summed E-state index contributed by atoms with van der Waals surface area (Å²) in [5, 5.41) is 3.30. The molecule has 1 saturated carbocycles. The van der Waals surface area contributed by atoms with Crippen LogP contribution in [0.5, 0.6) is 0 Å². The zero-order valence-electron chi connectivity index (χ0n) is 17.1. The zero-order chi connectivity index (χ0) is 21.9. The summed E-state index contributed by atoms with van der Waals surface area (Å²) >= 11 is 0. The molecule has 1 amide bonds. The Labute approximate surface area is 184 Å². The Morgan fingerprint density at radius 3 is 2.97 bits per heavy atom. The molecule has 32 heavy (non-hydrogen) atoms. The SMILES string of the molecule is O=C(NC1CC1)c1cn(-c2cccc(C#CC3=CC=C=CN=C3)c2)c2ncccc2c1=O. The van der Waals surface area contributed by atoms with E-state index in [2.05, 4.69) is 32.9 Å². The van der Waals surface area contributed by atoms with Gasteiger partial charge < -0.3 is 9.88 Å². The highest BCUT2D eigenvalue weighted by molar-refractivity contribution is 5.97. The summed E-state index contributed by atoms with van der Waals surface area (Å²) in [5.74, 6) is 5.88. The van der Waals surface area contributed by atoms with Crippen molar-refractivity contribution in [1.82, 2.24) is 14.9 Å². The maximum absolute atomic E-state index is 13.0. The van der Waals surface area contributed by atoms with Gasteiger partial charge in [0.05, 0.1) is 11.6 Å². The second-order valence-corrected chi connectivity index (χ2v) is 7.53. The normalized spacial score (nSPS) is 14.4. The molecule has 6 heteroatoms. The molecule has 6 nitrogen and oxygen atoms in total. The van der Waals surface area contributed by atoms with Crippen molar-refractivity contribution in [3.63, 3.8) is 0 Å². The molecule has 0 unspecified atom stereocenters. The first-order valence-electron chi connectivity index (χ1n) is 10.3. The fourth-order valence-electron chi connectivity index (χ4n) is 3.35. The fourth-order valence-corrected chi connectivity index (χ4v) is 3.35. The van der Waals surface area contributed by atoms with Gasteiger partial charge in [0.25, 0.3) is 5.91 Å². The monoisotopic (exact) mass is 418 g/mol. The predicted octanol–water partition coefficient (Wildman–Crippen LogP) is 3.31. The first-order chi connectivity index (χ1) is 15.7. The van der Waals surface area contributed by atoms with Crippen LogP contribution in [-0.4, -0.2) is 27.7 Å². The van der Waals surface area contributed by atoms with Crippen molar-refractivity contribution < 1.29 is 4.79 Å². The van der Waals surface area contributed by atoms with Crippen molar-refractivity contribution >= 4 is 23.2 Å². The maximum Gasteiger partial charge on any atom is 0.257 e. The van der Waals surface area contributed by atoms with Gasteiger partial charge >= 0.3 is 0 Å². The number of rotatable bonds is 3. The number of benzene rings is 1. The number of aliphatic imine (C=N–C) groups is 1. The minimum absolute atomic E-state index is 0.105. The van der Waals surface area contributed by atoms with E-state index in [9.17, 15) is 9.59 Å². The van der Waals surface area contributed by atoms with E-state index in [0.29, 0.717) is 11.0 Å². The largest absolute Gasteiger partial charge is 0.349 e. The summed E-state index contributed by atoms with van der Waals surface area (Å²) in [6, 6.07) is 11.1. The molecule has 0 atom stereocenters. The van der Waals surface area contributed by atoms with Gasteiger partial charge in [0.2, 0.25) is 5.43 Å². The lowest BCUT2D eigenvalue weighted by Crippen LogP contribution is -2.31. The summed E-state index contributed by atoms with van der Waals surface area (Å²) in [7, 11) is 0. The maximum atomic E-state index is 13.0. The molecule has 154 valence electrons. The average Bonchev–Trinajstić information content (AvgIpc) is 3.66. The van der Waals surface area contributed by atoms with Gasteiger partial charge in [-0.2, -0.15) is 0 Å².